The van der Waals surface area contributed by atoms with E-state index in [0.717, 1.165) is 18.3 Å². The summed E-state index contributed by atoms with van der Waals surface area (Å²) in [7, 11) is 1.38. The fourth-order valence-electron chi connectivity index (χ4n) is 6.65. The number of piperidine rings is 1. The van der Waals surface area contributed by atoms with Gasteiger partial charge >= 0.3 is 6.18 Å². The molecular weight excluding hydrogens is 601 g/mol. The number of pyridine rings is 1. The highest BCUT2D eigenvalue weighted by atomic mass is 19.4. The van der Waals surface area contributed by atoms with E-state index in [9.17, 15) is 22.8 Å². The Morgan fingerprint density at radius 3 is 2.60 bits per heavy atom. The van der Waals surface area contributed by atoms with Gasteiger partial charge in [-0.25, -0.2) is 23.7 Å². The lowest BCUT2D eigenvalue weighted by Gasteiger charge is -2.36. The summed E-state index contributed by atoms with van der Waals surface area (Å²) >= 11 is 0. The van der Waals surface area contributed by atoms with Crippen molar-refractivity contribution in [2.75, 3.05) is 24.7 Å². The van der Waals surface area contributed by atoms with Gasteiger partial charge in [-0.1, -0.05) is 0 Å². The number of halogens is 5. The van der Waals surface area contributed by atoms with Crippen molar-refractivity contribution in [2.24, 2.45) is 5.41 Å². The number of fused-ring (bicyclic) bond motifs is 2. The summed E-state index contributed by atoms with van der Waals surface area (Å²) in [4.78, 5) is 40.2. The Hall–Kier alpha value is -4.82. The highest BCUT2D eigenvalue weighted by Gasteiger charge is 2.77. The first-order valence-corrected chi connectivity index (χ1v) is 14.2. The number of amides is 2. The SMILES string of the molecule is COc1cc(C(=O)Nc2cc(C(F)(F)F)ccn2)ccc1-c1nc([C@H]2CC[C@H]3N(C2)C(=O)C2(CC2)C3(F)F)n2ccnc(N)c12. The van der Waals surface area contributed by atoms with Crippen LogP contribution >= 0.6 is 0 Å². The Kier molecular flexibility index (Phi) is 6.33. The van der Waals surface area contributed by atoms with Crippen molar-refractivity contribution in [2.45, 2.75) is 49.7 Å². The summed E-state index contributed by atoms with van der Waals surface area (Å²) in [5.74, 6) is -4.07. The number of anilines is 2. The van der Waals surface area contributed by atoms with Crippen LogP contribution in [-0.2, 0) is 11.0 Å². The number of hydrogen-bond acceptors (Lipinski definition) is 7. The normalized spacial score (nSPS) is 21.6. The highest BCUT2D eigenvalue weighted by molar-refractivity contribution is 6.04. The summed E-state index contributed by atoms with van der Waals surface area (Å²) in [5, 5.41) is 2.36. The van der Waals surface area contributed by atoms with Crippen LogP contribution in [0.25, 0.3) is 16.8 Å². The molecule has 3 aliphatic rings. The minimum Gasteiger partial charge on any atom is -0.496 e. The Balaban J connectivity index is 1.22. The third-order valence-electron chi connectivity index (χ3n) is 9.08. The zero-order valence-electron chi connectivity index (χ0n) is 23.7. The van der Waals surface area contributed by atoms with Crippen LogP contribution in [0.3, 0.4) is 0 Å². The lowest BCUT2D eigenvalue weighted by Crippen LogP contribution is -2.46. The number of carbonyl (C=O) groups excluding carboxylic acids is 2. The number of nitrogens with zero attached hydrogens (tertiary/aromatic N) is 5. The molecule has 1 aliphatic carbocycles. The molecule has 15 heteroatoms. The summed E-state index contributed by atoms with van der Waals surface area (Å²) < 4.78 is 77.0. The van der Waals surface area contributed by atoms with Crippen molar-refractivity contribution in [3.63, 3.8) is 0 Å². The molecule has 2 amide bonds. The fourth-order valence-corrected chi connectivity index (χ4v) is 6.65. The number of nitrogen functional groups attached to an aromatic ring is 1. The minimum absolute atomic E-state index is 0.0745. The monoisotopic (exact) mass is 627 g/mol. The number of ether oxygens (including phenoxy) is 1. The van der Waals surface area contributed by atoms with Crippen LogP contribution in [0, 0.1) is 5.41 Å². The number of nitrogens with one attached hydrogen (secondary N) is 1. The van der Waals surface area contributed by atoms with Crippen LogP contribution in [0.2, 0.25) is 0 Å². The molecule has 0 bridgehead atoms. The van der Waals surface area contributed by atoms with E-state index in [2.05, 4.69) is 15.3 Å². The smallest absolute Gasteiger partial charge is 0.416 e. The van der Waals surface area contributed by atoms with Gasteiger partial charge in [-0.2, -0.15) is 13.2 Å². The van der Waals surface area contributed by atoms with Crippen LogP contribution in [-0.4, -0.2) is 61.7 Å². The molecule has 2 saturated heterocycles. The maximum absolute atomic E-state index is 15.2. The quantitative estimate of drug-likeness (QED) is 0.293. The molecule has 2 aliphatic heterocycles. The van der Waals surface area contributed by atoms with E-state index in [1.165, 1.54) is 30.3 Å². The van der Waals surface area contributed by atoms with Gasteiger partial charge in [0, 0.05) is 42.2 Å². The third-order valence-corrected chi connectivity index (χ3v) is 9.08. The molecule has 45 heavy (non-hydrogen) atoms. The molecule has 1 spiro atoms. The molecule has 0 radical (unpaired) electrons. The van der Waals surface area contributed by atoms with Gasteiger partial charge in [0.05, 0.1) is 18.7 Å². The number of aromatic nitrogens is 4. The van der Waals surface area contributed by atoms with E-state index in [4.69, 9.17) is 15.5 Å². The van der Waals surface area contributed by atoms with Gasteiger partial charge in [-0.05, 0) is 56.0 Å². The summed E-state index contributed by atoms with van der Waals surface area (Å²) in [6, 6.07) is 4.80. The molecule has 7 rings (SSSR count). The second-order valence-corrected chi connectivity index (χ2v) is 11.6. The molecule has 3 N–H and O–H groups in total. The van der Waals surface area contributed by atoms with Crippen molar-refractivity contribution in [1.82, 2.24) is 24.3 Å². The number of benzene rings is 1. The number of alkyl halides is 5. The number of methoxy groups -OCH3 is 1. The molecule has 2 atom stereocenters. The molecule has 3 fully saturated rings. The summed E-state index contributed by atoms with van der Waals surface area (Å²) in [6.07, 6.45) is 0.378. The largest absolute Gasteiger partial charge is 0.496 e. The average molecular weight is 628 g/mol. The van der Waals surface area contributed by atoms with Crippen LogP contribution in [0.4, 0.5) is 33.6 Å². The molecule has 4 aromatic rings. The number of nitrogens with two attached hydrogens (primary N) is 1. The first-order valence-electron chi connectivity index (χ1n) is 14.2. The first-order chi connectivity index (χ1) is 21.4. The van der Waals surface area contributed by atoms with Crippen molar-refractivity contribution >= 4 is 29.0 Å². The topological polar surface area (TPSA) is 128 Å². The molecular formula is C30H26F5N7O3. The second kappa shape index (κ2) is 9.84. The molecule has 1 aromatic carbocycles. The standard InChI is InChI=1S/C30H26F5N7O3/c1-45-19-12-15(26(43)39-21-13-17(6-9-37-21)30(33,34)35)2-4-18(19)22-23-24(36)38-10-11-41(23)25(40-22)16-3-5-20-29(31,32)28(7-8-28)27(44)42(20)14-16/h2,4,6,9-13,16,20H,3,5,7-8,14H2,1H3,(H2,36,38)(H,37,39,43)/t16-,20+/m0/s1. The number of carbonyl (C=O) groups is 2. The van der Waals surface area contributed by atoms with Gasteiger partial charge in [-0.15, -0.1) is 0 Å². The van der Waals surface area contributed by atoms with E-state index in [-0.39, 0.29) is 54.7 Å². The highest BCUT2D eigenvalue weighted by Crippen LogP contribution is 2.65. The molecule has 234 valence electrons. The van der Waals surface area contributed by atoms with Crippen molar-refractivity contribution in [3.05, 3.63) is 65.9 Å². The maximum atomic E-state index is 15.2. The predicted molar refractivity (Wildman–Crippen MR) is 151 cm³/mol. The number of imidazole rings is 1. The van der Waals surface area contributed by atoms with E-state index in [1.807, 2.05) is 0 Å². The molecule has 3 aromatic heterocycles. The van der Waals surface area contributed by atoms with Gasteiger partial charge in [0.25, 0.3) is 11.8 Å². The van der Waals surface area contributed by atoms with Gasteiger partial charge < -0.3 is 20.7 Å². The minimum atomic E-state index is -4.61. The van der Waals surface area contributed by atoms with Gasteiger partial charge in [-0.3, -0.25) is 14.0 Å². The van der Waals surface area contributed by atoms with Crippen LogP contribution in [0.1, 0.15) is 53.3 Å². The predicted octanol–water partition coefficient (Wildman–Crippen LogP) is 5.16. The zero-order chi connectivity index (χ0) is 31.9. The van der Waals surface area contributed by atoms with E-state index >= 15 is 8.78 Å². The van der Waals surface area contributed by atoms with Crippen LogP contribution in [0.15, 0.2) is 48.9 Å². The van der Waals surface area contributed by atoms with E-state index in [0.29, 0.717) is 29.0 Å². The van der Waals surface area contributed by atoms with Crippen molar-refractivity contribution in [1.29, 1.82) is 0 Å². The third kappa shape index (κ3) is 4.38. The molecule has 10 nitrogen and oxygen atoms in total. The second-order valence-electron chi connectivity index (χ2n) is 11.6. The lowest BCUT2D eigenvalue weighted by atomic mass is 9.89. The summed E-state index contributed by atoms with van der Waals surface area (Å²) in [6.45, 7) is 0.0848. The Morgan fingerprint density at radius 2 is 1.89 bits per heavy atom. The van der Waals surface area contributed by atoms with E-state index < -0.39 is 40.9 Å². The molecule has 0 unspecified atom stereocenters. The maximum Gasteiger partial charge on any atom is 0.416 e. The number of rotatable bonds is 5. The molecule has 1 saturated carbocycles. The lowest BCUT2D eigenvalue weighted by molar-refractivity contribution is -0.138. The fraction of sp³-hybridized carbons (Fsp3) is 0.367. The van der Waals surface area contributed by atoms with Gasteiger partial charge in [0.2, 0.25) is 5.91 Å². The van der Waals surface area contributed by atoms with Crippen molar-refractivity contribution < 1.29 is 36.3 Å². The average Bonchev–Trinajstić information content (AvgIpc) is 3.72. The first kappa shape index (κ1) is 28.9. The van der Waals surface area contributed by atoms with Crippen LogP contribution in [0.5, 0.6) is 5.75 Å². The van der Waals surface area contributed by atoms with Crippen LogP contribution < -0.4 is 15.8 Å². The summed E-state index contributed by atoms with van der Waals surface area (Å²) in [5.41, 5.74) is 5.06. The Bertz CT molecular complexity index is 1870. The van der Waals surface area contributed by atoms with Gasteiger partial charge in [0.1, 0.15) is 39.8 Å². The van der Waals surface area contributed by atoms with Crippen molar-refractivity contribution in [3.8, 4) is 17.0 Å². The zero-order valence-corrected chi connectivity index (χ0v) is 23.7. The molecule has 5 heterocycles. The Labute approximate surface area is 252 Å². The van der Waals surface area contributed by atoms with E-state index in [1.54, 1.807) is 16.7 Å². The Morgan fingerprint density at radius 1 is 1.11 bits per heavy atom. The number of hydrogen-bond donors (Lipinski definition) is 2. The van der Waals surface area contributed by atoms with Gasteiger partial charge in [0.15, 0.2) is 0 Å².